The summed E-state index contributed by atoms with van der Waals surface area (Å²) in [6, 6.07) is 6.21. The van der Waals surface area contributed by atoms with Crippen molar-refractivity contribution in [2.24, 2.45) is 0 Å². The molecule has 0 bridgehead atoms. The fourth-order valence-electron chi connectivity index (χ4n) is 2.21. The third-order valence-electron chi connectivity index (χ3n) is 3.69. The maximum absolute atomic E-state index is 13.8. The molecule has 3 aromatic rings. The van der Waals surface area contributed by atoms with Crippen LogP contribution < -0.4 is 0 Å². The summed E-state index contributed by atoms with van der Waals surface area (Å²) >= 11 is 8.82. The zero-order valence-electron chi connectivity index (χ0n) is 14.1. The maximum atomic E-state index is 13.8. The van der Waals surface area contributed by atoms with Gasteiger partial charge in [-0.3, -0.25) is 4.79 Å². The van der Waals surface area contributed by atoms with Gasteiger partial charge in [0.2, 0.25) is 0 Å². The molecule has 0 N–H and O–H groups in total. The average molecular weight is 425 g/mol. The number of thiophene rings is 1. The lowest BCUT2D eigenvalue weighted by Crippen LogP contribution is -2.31. The highest BCUT2D eigenvalue weighted by Crippen LogP contribution is 2.26. The van der Waals surface area contributed by atoms with Crippen LogP contribution >= 0.6 is 34.3 Å². The van der Waals surface area contributed by atoms with E-state index >= 15 is 0 Å². The zero-order chi connectivity index (χ0) is 19.4. The Morgan fingerprint density at radius 2 is 2.11 bits per heavy atom. The molecule has 140 valence electrons. The summed E-state index contributed by atoms with van der Waals surface area (Å²) in [6.45, 7) is -0.492. The van der Waals surface area contributed by atoms with Crippen LogP contribution in [0.15, 0.2) is 40.4 Å². The number of rotatable bonds is 6. The Morgan fingerprint density at radius 1 is 1.30 bits per heavy atom. The smallest absolute Gasteiger partial charge is 0.358 e. The summed E-state index contributed by atoms with van der Waals surface area (Å²) in [5, 5.41) is 6.38. The van der Waals surface area contributed by atoms with E-state index in [4.69, 9.17) is 16.3 Å². The van der Waals surface area contributed by atoms with Gasteiger partial charge in [0, 0.05) is 40.5 Å². The molecule has 27 heavy (non-hydrogen) atoms. The zero-order valence-corrected chi connectivity index (χ0v) is 16.5. The number of hydrogen-bond donors (Lipinski definition) is 0. The third kappa shape index (κ3) is 4.71. The van der Waals surface area contributed by atoms with Crippen molar-refractivity contribution in [3.8, 4) is 10.6 Å². The van der Waals surface area contributed by atoms with E-state index in [0.29, 0.717) is 5.01 Å². The molecule has 0 spiro atoms. The van der Waals surface area contributed by atoms with Crippen LogP contribution in [0, 0.1) is 5.82 Å². The number of amides is 1. The topological polar surface area (TPSA) is 59.5 Å². The van der Waals surface area contributed by atoms with Gasteiger partial charge in [-0.2, -0.15) is 11.3 Å². The molecule has 0 unspecified atom stereocenters. The lowest BCUT2D eigenvalue weighted by Gasteiger charge is -2.18. The molecule has 3 rings (SSSR count). The van der Waals surface area contributed by atoms with Crippen LogP contribution in [-0.4, -0.2) is 35.4 Å². The lowest BCUT2D eigenvalue weighted by molar-refractivity contribution is -0.133. The number of carbonyl (C=O) groups is 2. The molecule has 1 amide bonds. The lowest BCUT2D eigenvalue weighted by atomic mass is 10.2. The predicted molar refractivity (Wildman–Crippen MR) is 104 cm³/mol. The van der Waals surface area contributed by atoms with Crippen molar-refractivity contribution in [1.29, 1.82) is 0 Å². The van der Waals surface area contributed by atoms with E-state index in [1.54, 1.807) is 11.4 Å². The largest absolute Gasteiger partial charge is 0.451 e. The SMILES string of the molecule is CN(Cc1c(F)cccc1Cl)C(=O)COC(=O)c1csc(-c2ccsc2)n1. The van der Waals surface area contributed by atoms with Gasteiger partial charge in [-0.25, -0.2) is 14.2 Å². The van der Waals surface area contributed by atoms with Crippen molar-refractivity contribution in [2.75, 3.05) is 13.7 Å². The second kappa shape index (κ2) is 8.60. The molecule has 0 saturated heterocycles. The number of hydrogen-bond acceptors (Lipinski definition) is 6. The quantitative estimate of drug-likeness (QED) is 0.547. The molecule has 5 nitrogen and oxygen atoms in total. The molecule has 0 aliphatic heterocycles. The van der Waals surface area contributed by atoms with Crippen LogP contribution in [0.4, 0.5) is 4.39 Å². The molecule has 1 aromatic carbocycles. The summed E-state index contributed by atoms with van der Waals surface area (Å²) in [6.07, 6.45) is 0. The molecular formula is C18H14ClFN2O3S2. The van der Waals surface area contributed by atoms with Gasteiger partial charge in [0.25, 0.3) is 5.91 Å². The number of thiazole rings is 1. The Kier molecular flexibility index (Phi) is 6.20. The Morgan fingerprint density at radius 3 is 2.81 bits per heavy atom. The minimum atomic E-state index is -0.682. The number of carbonyl (C=O) groups excluding carboxylic acids is 2. The Bertz CT molecular complexity index is 939. The number of benzene rings is 1. The summed E-state index contributed by atoms with van der Waals surface area (Å²) in [5.74, 6) is -1.66. The van der Waals surface area contributed by atoms with Crippen LogP contribution in [0.25, 0.3) is 10.6 Å². The van der Waals surface area contributed by atoms with E-state index in [9.17, 15) is 14.0 Å². The molecule has 0 atom stereocenters. The van der Waals surface area contributed by atoms with E-state index < -0.39 is 24.3 Å². The Hall–Kier alpha value is -2.29. The van der Waals surface area contributed by atoms with Crippen LogP contribution in [-0.2, 0) is 16.1 Å². The van der Waals surface area contributed by atoms with Crippen LogP contribution in [0.2, 0.25) is 5.02 Å². The first-order valence-corrected chi connectivity index (χ1v) is 9.98. The predicted octanol–water partition coefficient (Wildman–Crippen LogP) is 4.48. The highest BCUT2D eigenvalue weighted by atomic mass is 35.5. The van der Waals surface area contributed by atoms with Crippen molar-refractivity contribution in [2.45, 2.75) is 6.54 Å². The first-order valence-electron chi connectivity index (χ1n) is 7.77. The number of halogens is 2. The molecule has 2 heterocycles. The van der Waals surface area contributed by atoms with Gasteiger partial charge in [0.1, 0.15) is 10.8 Å². The van der Waals surface area contributed by atoms with E-state index in [1.807, 2.05) is 16.8 Å². The summed E-state index contributed by atoms with van der Waals surface area (Å²) in [7, 11) is 1.48. The molecule has 0 saturated carbocycles. The fraction of sp³-hybridized carbons (Fsp3) is 0.167. The van der Waals surface area contributed by atoms with E-state index in [2.05, 4.69) is 4.98 Å². The second-order valence-corrected chi connectivity index (χ2v) is 7.62. The number of nitrogens with zero attached hydrogens (tertiary/aromatic N) is 2. The summed E-state index contributed by atoms with van der Waals surface area (Å²) in [4.78, 5) is 29.7. The van der Waals surface area contributed by atoms with Gasteiger partial charge in [-0.15, -0.1) is 11.3 Å². The van der Waals surface area contributed by atoms with Gasteiger partial charge in [-0.1, -0.05) is 17.7 Å². The molecule has 0 radical (unpaired) electrons. The van der Waals surface area contributed by atoms with E-state index in [0.717, 1.165) is 5.56 Å². The van der Waals surface area contributed by atoms with Crippen molar-refractivity contribution in [3.63, 3.8) is 0 Å². The highest BCUT2D eigenvalue weighted by molar-refractivity contribution is 7.14. The van der Waals surface area contributed by atoms with Gasteiger partial charge < -0.3 is 9.64 Å². The molecule has 0 fully saturated rings. The van der Waals surface area contributed by atoms with Gasteiger partial charge >= 0.3 is 5.97 Å². The van der Waals surface area contributed by atoms with Crippen molar-refractivity contribution in [1.82, 2.24) is 9.88 Å². The summed E-state index contributed by atoms with van der Waals surface area (Å²) in [5.41, 5.74) is 1.29. The first kappa shape index (κ1) is 19.5. The first-order chi connectivity index (χ1) is 13.0. The third-order valence-corrected chi connectivity index (χ3v) is 5.62. The van der Waals surface area contributed by atoms with Crippen LogP contribution in [0.5, 0.6) is 0 Å². The number of aromatic nitrogens is 1. The number of likely N-dealkylation sites (N-methyl/N-ethyl adjacent to an activating group) is 1. The fourth-order valence-corrected chi connectivity index (χ4v) is 3.93. The molecule has 0 aliphatic rings. The molecule has 0 aliphatic carbocycles. The van der Waals surface area contributed by atoms with Crippen LogP contribution in [0.3, 0.4) is 0 Å². The Balaban J connectivity index is 1.56. The maximum Gasteiger partial charge on any atom is 0.358 e. The molecule has 2 aromatic heterocycles. The second-order valence-electron chi connectivity index (χ2n) is 5.58. The Labute approximate surface area is 168 Å². The number of esters is 1. The highest BCUT2D eigenvalue weighted by Gasteiger charge is 2.18. The van der Waals surface area contributed by atoms with Crippen molar-refractivity contribution >= 4 is 46.2 Å². The van der Waals surface area contributed by atoms with E-state index in [1.165, 1.54) is 46.8 Å². The van der Waals surface area contributed by atoms with Crippen molar-refractivity contribution in [3.05, 3.63) is 62.5 Å². The molecular weight excluding hydrogens is 411 g/mol. The van der Waals surface area contributed by atoms with Gasteiger partial charge in [0.15, 0.2) is 12.3 Å². The minimum Gasteiger partial charge on any atom is -0.451 e. The van der Waals surface area contributed by atoms with Gasteiger partial charge in [-0.05, 0) is 23.6 Å². The number of ether oxygens (including phenoxy) is 1. The molecule has 9 heteroatoms. The van der Waals surface area contributed by atoms with Gasteiger partial charge in [0.05, 0.1) is 0 Å². The minimum absolute atomic E-state index is 0.0269. The van der Waals surface area contributed by atoms with E-state index in [-0.39, 0.29) is 22.8 Å². The van der Waals surface area contributed by atoms with Crippen molar-refractivity contribution < 1.29 is 18.7 Å². The summed E-state index contributed by atoms with van der Waals surface area (Å²) < 4.78 is 18.8. The average Bonchev–Trinajstić information content (AvgIpc) is 3.33. The standard InChI is InChI=1S/C18H14ClFN2O3S2/c1-22(7-12-13(19)3-2-4-14(12)20)16(23)8-25-18(24)15-10-27-17(21-15)11-5-6-26-9-11/h2-6,9-10H,7-8H2,1H3. The van der Waals surface area contributed by atoms with Crippen LogP contribution in [0.1, 0.15) is 16.1 Å². The monoisotopic (exact) mass is 424 g/mol. The normalized spacial score (nSPS) is 10.6.